The van der Waals surface area contributed by atoms with Crippen molar-refractivity contribution in [2.24, 2.45) is 0 Å². The highest BCUT2D eigenvalue weighted by Crippen LogP contribution is 2.45. The molecule has 1 saturated heterocycles. The maximum Gasteiger partial charge on any atom is 0.320 e. The molecule has 1 N–H and O–H groups in total. The second-order valence-electron chi connectivity index (χ2n) is 10.4. The van der Waals surface area contributed by atoms with E-state index in [1.165, 1.54) is 0 Å². The molecule has 0 radical (unpaired) electrons. The van der Waals surface area contributed by atoms with E-state index in [9.17, 15) is 4.79 Å². The number of aromatic amines is 1. The third kappa shape index (κ3) is 4.74. The summed E-state index contributed by atoms with van der Waals surface area (Å²) in [5, 5.41) is 9.51. The van der Waals surface area contributed by atoms with Crippen LogP contribution in [0.5, 0.6) is 5.75 Å². The molecule has 9 nitrogen and oxygen atoms in total. The molecular formula is C28H29Cl2N7O2. The fourth-order valence-electron chi connectivity index (χ4n) is 5.36. The van der Waals surface area contributed by atoms with E-state index in [4.69, 9.17) is 32.9 Å². The number of H-pyrrole nitrogens is 1. The van der Waals surface area contributed by atoms with Gasteiger partial charge in [0, 0.05) is 68.8 Å². The number of halogens is 2. The molecule has 1 unspecified atom stereocenters. The van der Waals surface area contributed by atoms with E-state index in [0.717, 1.165) is 53.9 Å². The van der Waals surface area contributed by atoms with Crippen LogP contribution in [0.4, 0.5) is 10.6 Å². The van der Waals surface area contributed by atoms with Crippen LogP contribution in [0.15, 0.2) is 48.9 Å². The monoisotopic (exact) mass is 565 g/mol. The van der Waals surface area contributed by atoms with Crippen molar-refractivity contribution in [3.05, 3.63) is 64.5 Å². The van der Waals surface area contributed by atoms with Gasteiger partial charge in [0.25, 0.3) is 0 Å². The molecule has 3 aromatic heterocycles. The highest BCUT2D eigenvalue weighted by atomic mass is 35.5. The van der Waals surface area contributed by atoms with Crippen molar-refractivity contribution < 1.29 is 9.53 Å². The summed E-state index contributed by atoms with van der Waals surface area (Å²) in [6.07, 6.45) is 6.67. The van der Waals surface area contributed by atoms with Gasteiger partial charge in [-0.2, -0.15) is 5.10 Å². The first-order chi connectivity index (χ1) is 18.8. The number of nitrogens with one attached hydrogen (secondary N) is 1. The fraction of sp³-hybridized carbons (Fsp3) is 0.357. The molecule has 11 heteroatoms. The predicted octanol–water partition coefficient (Wildman–Crippen LogP) is 5.80. The molecule has 202 valence electrons. The third-order valence-corrected chi connectivity index (χ3v) is 8.18. The first-order valence-corrected chi connectivity index (χ1v) is 13.7. The zero-order chi connectivity index (χ0) is 27.3. The first-order valence-electron chi connectivity index (χ1n) is 12.9. The Hall–Kier alpha value is -3.56. The number of hydrogen-bond donors (Lipinski definition) is 1. The molecule has 4 aromatic rings. The summed E-state index contributed by atoms with van der Waals surface area (Å²) in [6, 6.07) is 9.95. The molecule has 2 amide bonds. The van der Waals surface area contributed by atoms with Crippen LogP contribution in [0, 0.1) is 0 Å². The minimum absolute atomic E-state index is 0.0728. The van der Waals surface area contributed by atoms with Gasteiger partial charge in [-0.1, -0.05) is 23.2 Å². The third-order valence-electron chi connectivity index (χ3n) is 7.58. The smallest absolute Gasteiger partial charge is 0.320 e. The lowest BCUT2D eigenvalue weighted by Crippen LogP contribution is -2.59. The summed E-state index contributed by atoms with van der Waals surface area (Å²) in [5.74, 6) is 1.58. The van der Waals surface area contributed by atoms with E-state index in [1.54, 1.807) is 17.3 Å². The van der Waals surface area contributed by atoms with Crippen molar-refractivity contribution >= 4 is 46.0 Å². The van der Waals surface area contributed by atoms with E-state index >= 15 is 0 Å². The molecule has 1 atom stereocenters. The van der Waals surface area contributed by atoms with Crippen molar-refractivity contribution in [2.75, 3.05) is 38.6 Å². The molecule has 2 fully saturated rings. The zero-order valence-electron chi connectivity index (χ0n) is 22.0. The van der Waals surface area contributed by atoms with E-state index in [1.807, 2.05) is 62.4 Å². The Labute approximate surface area is 236 Å². The van der Waals surface area contributed by atoms with E-state index in [0.29, 0.717) is 27.9 Å². The van der Waals surface area contributed by atoms with Gasteiger partial charge >= 0.3 is 6.03 Å². The fourth-order valence-corrected chi connectivity index (χ4v) is 6.03. The second kappa shape index (κ2) is 9.88. The minimum atomic E-state index is -0.370. The Kier molecular flexibility index (Phi) is 6.51. The van der Waals surface area contributed by atoms with Crippen molar-refractivity contribution in [3.8, 4) is 17.0 Å². The van der Waals surface area contributed by atoms with Crippen LogP contribution in [0.3, 0.4) is 0 Å². The average Bonchev–Trinajstić information content (AvgIpc) is 3.55. The number of rotatable bonds is 5. The summed E-state index contributed by atoms with van der Waals surface area (Å²) in [5.41, 5.74) is 3.21. The number of aromatic nitrogens is 4. The highest BCUT2D eigenvalue weighted by molar-refractivity contribution is 6.35. The van der Waals surface area contributed by atoms with Gasteiger partial charge in [0.15, 0.2) is 0 Å². The second-order valence-corrected chi connectivity index (χ2v) is 11.3. The number of nitrogens with zero attached hydrogens (tertiary/aromatic N) is 6. The number of piperazine rings is 1. The van der Waals surface area contributed by atoms with E-state index in [2.05, 4.69) is 20.1 Å². The van der Waals surface area contributed by atoms with Crippen molar-refractivity contribution in [1.82, 2.24) is 30.0 Å². The number of benzene rings is 1. The van der Waals surface area contributed by atoms with Gasteiger partial charge < -0.3 is 19.4 Å². The highest BCUT2D eigenvalue weighted by Gasteiger charge is 2.53. The number of amides is 2. The van der Waals surface area contributed by atoms with Crippen LogP contribution in [0.1, 0.15) is 31.4 Å². The van der Waals surface area contributed by atoms with Gasteiger partial charge in [0.1, 0.15) is 23.4 Å². The molecule has 39 heavy (non-hydrogen) atoms. The van der Waals surface area contributed by atoms with Crippen molar-refractivity contribution in [3.63, 3.8) is 0 Å². The first kappa shape index (κ1) is 25.7. The van der Waals surface area contributed by atoms with Crippen LogP contribution < -0.4 is 9.64 Å². The number of pyridine rings is 2. The van der Waals surface area contributed by atoms with Gasteiger partial charge in [0.2, 0.25) is 0 Å². The normalized spacial score (nSPS) is 16.9. The van der Waals surface area contributed by atoms with Crippen LogP contribution in [-0.4, -0.2) is 75.3 Å². The number of carbonyl (C=O) groups excluding carboxylic acids is 1. The largest absolute Gasteiger partial charge is 0.486 e. The minimum Gasteiger partial charge on any atom is -0.486 e. The maximum absolute atomic E-state index is 12.6. The molecular weight excluding hydrogens is 537 g/mol. The lowest BCUT2D eigenvalue weighted by molar-refractivity contribution is 0.133. The number of carbonyl (C=O) groups is 1. The predicted molar refractivity (Wildman–Crippen MR) is 153 cm³/mol. The van der Waals surface area contributed by atoms with Crippen LogP contribution in [-0.2, 0) is 0 Å². The zero-order valence-corrected chi connectivity index (χ0v) is 23.5. The van der Waals surface area contributed by atoms with Gasteiger partial charge in [-0.15, -0.1) is 0 Å². The Morgan fingerprint density at radius 3 is 2.54 bits per heavy atom. The molecule has 2 aliphatic rings. The number of fused-ring (bicyclic) bond motifs is 1. The van der Waals surface area contributed by atoms with Crippen LogP contribution in [0.25, 0.3) is 22.2 Å². The number of ether oxygens (including phenoxy) is 1. The topological polar surface area (TPSA) is 90.5 Å². The SMILES string of the molecule is CC(Oc1ccc2[nH]nc(-c3ccc(N4CCN(C(=O)N(C)C)C5(CC5)C4)nc3)c2c1)c1c(Cl)cncc1Cl. The van der Waals surface area contributed by atoms with Crippen molar-refractivity contribution in [2.45, 2.75) is 31.4 Å². The maximum atomic E-state index is 12.6. The quantitative estimate of drug-likeness (QED) is 0.328. The van der Waals surface area contributed by atoms with Crippen molar-refractivity contribution in [1.29, 1.82) is 0 Å². The Balaban J connectivity index is 1.21. The molecule has 6 rings (SSSR count). The molecule has 1 aliphatic heterocycles. The van der Waals surface area contributed by atoms with Gasteiger partial charge in [-0.3, -0.25) is 10.1 Å². The molecule has 4 heterocycles. The Morgan fingerprint density at radius 1 is 1.10 bits per heavy atom. The van der Waals surface area contributed by atoms with E-state index in [-0.39, 0.29) is 17.7 Å². The summed E-state index contributed by atoms with van der Waals surface area (Å²) in [7, 11) is 3.62. The lowest BCUT2D eigenvalue weighted by atomic mass is 10.1. The van der Waals surface area contributed by atoms with E-state index < -0.39 is 0 Å². The Bertz CT molecular complexity index is 1510. The molecule has 0 bridgehead atoms. The number of anilines is 1. The molecule has 1 spiro atoms. The summed E-state index contributed by atoms with van der Waals surface area (Å²) in [4.78, 5) is 27.4. The van der Waals surface area contributed by atoms with Gasteiger partial charge in [-0.05, 0) is 50.1 Å². The Morgan fingerprint density at radius 2 is 1.87 bits per heavy atom. The average molecular weight is 566 g/mol. The summed E-state index contributed by atoms with van der Waals surface area (Å²) < 4.78 is 6.20. The number of urea groups is 1. The van der Waals surface area contributed by atoms with Gasteiger partial charge in [0.05, 0.1) is 21.1 Å². The van der Waals surface area contributed by atoms with Gasteiger partial charge in [-0.25, -0.2) is 9.78 Å². The van der Waals surface area contributed by atoms with Crippen LogP contribution in [0.2, 0.25) is 10.0 Å². The molecule has 1 aliphatic carbocycles. The summed E-state index contributed by atoms with van der Waals surface area (Å²) >= 11 is 12.6. The van der Waals surface area contributed by atoms with Crippen LogP contribution >= 0.6 is 23.2 Å². The lowest BCUT2D eigenvalue weighted by Gasteiger charge is -2.43. The summed E-state index contributed by atoms with van der Waals surface area (Å²) in [6.45, 7) is 4.15. The number of hydrogen-bond acceptors (Lipinski definition) is 6. The molecule has 1 saturated carbocycles. The standard InChI is InChI=1S/C28H29Cl2N7O2/c1-17(25-21(29)14-31-15-22(25)30)39-19-5-6-23-20(12-19)26(34-33-23)18-4-7-24(32-13-18)36-10-11-37(27(38)35(2)3)28(16-36)8-9-28/h4-7,12-15,17H,8-11,16H2,1-3H3,(H,33,34). The molecule has 1 aromatic carbocycles.